The number of hydrogen-bond donors (Lipinski definition) is 0. The summed E-state index contributed by atoms with van der Waals surface area (Å²) in [5.74, 6) is 0. The van der Waals surface area contributed by atoms with Gasteiger partial charge in [-0.05, 0) is 242 Å². The van der Waals surface area contributed by atoms with E-state index >= 15 is 0 Å². The van der Waals surface area contributed by atoms with E-state index in [9.17, 15) is 0 Å². The van der Waals surface area contributed by atoms with Gasteiger partial charge in [-0.25, -0.2) is 0 Å². The molecule has 0 amide bonds. The molecule has 25 rings (SSSR count). The standard InChI is InChI=1S/C69H49NSi.C65H47NSi/c1-5-25-54(26-6-1)70(55-43-39-50(40-44-55)51-41-46-60(47-42-51)71(57-27-7-2-8-28-57,58-29-9-3-10-30-58)59-31-11-4-12-32-59)56-45-48-64-63-35-17-18-36-67(63)69(68(64)49-56,65-37-19-23-52-21-13-15-33-61(52)65)66-38-20-24-53-22-14-16-34-62(53)66;1-6-22-52(23-7-1)65(53-39-34-48-20-16-17-21-51(48)46-53)63-33-19-18-32-61(63)62-45-42-56(47-64(62)65)66(54-24-8-2-9-25-54)55-40-35-49(36-41-55)50-37-43-60(44-38-50)67(57-26-10-3-11-27-57,58-28-12-4-13-29-58)59-30-14-5-15-31-59/h1-49H;1-47H. The molecule has 0 bridgehead atoms. The first-order chi connectivity index (χ1) is 68.4. The average molecular weight is 1790 g/mol. The summed E-state index contributed by atoms with van der Waals surface area (Å²) in [6.07, 6.45) is 0. The molecule has 0 radical (unpaired) electrons. The van der Waals surface area contributed by atoms with Gasteiger partial charge in [0, 0.05) is 34.1 Å². The topological polar surface area (TPSA) is 6.48 Å². The van der Waals surface area contributed by atoms with Crippen molar-refractivity contribution in [1.29, 1.82) is 0 Å². The van der Waals surface area contributed by atoms with Crippen molar-refractivity contribution in [2.75, 3.05) is 9.80 Å². The quantitative estimate of drug-likeness (QED) is 0.0554. The van der Waals surface area contributed by atoms with Crippen LogP contribution in [-0.4, -0.2) is 16.1 Å². The summed E-state index contributed by atoms with van der Waals surface area (Å²) in [7, 11) is -5.26. The van der Waals surface area contributed by atoms with Gasteiger partial charge in [0.25, 0.3) is 0 Å². The Kier molecular flexibility index (Phi) is 21.9. The lowest BCUT2D eigenvalue weighted by molar-refractivity contribution is 0.770. The number of para-hydroxylation sites is 2. The molecule has 2 aliphatic carbocycles. The molecule has 23 aromatic rings. The summed E-state index contributed by atoms with van der Waals surface area (Å²) in [4.78, 5) is 4.83. The summed E-state index contributed by atoms with van der Waals surface area (Å²) in [5, 5.41) is 18.4. The first-order valence-corrected chi connectivity index (χ1v) is 51.9. The Bertz CT molecular complexity index is 8040. The Morgan fingerprint density at radius 2 is 0.399 bits per heavy atom. The van der Waals surface area contributed by atoms with Crippen LogP contribution >= 0.6 is 0 Å². The van der Waals surface area contributed by atoms with Crippen molar-refractivity contribution in [2.24, 2.45) is 0 Å². The predicted molar refractivity (Wildman–Crippen MR) is 587 cm³/mol. The van der Waals surface area contributed by atoms with E-state index < -0.39 is 27.0 Å². The second-order valence-electron chi connectivity index (χ2n) is 36.3. The van der Waals surface area contributed by atoms with Gasteiger partial charge in [-0.15, -0.1) is 0 Å². The van der Waals surface area contributed by atoms with Gasteiger partial charge in [-0.2, -0.15) is 0 Å². The van der Waals surface area contributed by atoms with Gasteiger partial charge in [0.2, 0.25) is 0 Å². The van der Waals surface area contributed by atoms with Crippen LogP contribution in [0.5, 0.6) is 0 Å². The highest BCUT2D eigenvalue weighted by Crippen LogP contribution is 2.61. The lowest BCUT2D eigenvalue weighted by atomic mass is 9.65. The van der Waals surface area contributed by atoms with Crippen LogP contribution in [0.1, 0.15) is 44.5 Å². The molecule has 23 aromatic carbocycles. The van der Waals surface area contributed by atoms with Crippen LogP contribution in [0.2, 0.25) is 0 Å². The van der Waals surface area contributed by atoms with Crippen molar-refractivity contribution < 1.29 is 0 Å². The fourth-order valence-electron chi connectivity index (χ4n) is 23.2. The molecule has 1 unspecified atom stereocenters. The summed E-state index contributed by atoms with van der Waals surface area (Å²) in [6, 6.07) is 216. The van der Waals surface area contributed by atoms with Crippen LogP contribution < -0.4 is 51.3 Å². The summed E-state index contributed by atoms with van der Waals surface area (Å²) in [5.41, 5.74) is 25.5. The Morgan fingerprint density at radius 3 is 0.783 bits per heavy atom. The second-order valence-corrected chi connectivity index (χ2v) is 43.9. The maximum atomic E-state index is 2.49. The Balaban J connectivity index is 0.000000151. The first kappa shape index (κ1) is 83.9. The Labute approximate surface area is 810 Å². The maximum absolute atomic E-state index is 2.64. The van der Waals surface area contributed by atoms with Crippen molar-refractivity contribution in [3.8, 4) is 44.5 Å². The highest BCUT2D eigenvalue weighted by atomic mass is 28.3. The van der Waals surface area contributed by atoms with Crippen molar-refractivity contribution in [1.82, 2.24) is 0 Å². The van der Waals surface area contributed by atoms with E-state index in [4.69, 9.17) is 0 Å². The molecule has 0 aliphatic heterocycles. The smallest absolute Gasteiger partial charge is 0.179 e. The first-order valence-electron chi connectivity index (χ1n) is 47.9. The molecule has 0 spiro atoms. The molecule has 0 aromatic heterocycles. The van der Waals surface area contributed by atoms with E-state index in [0.717, 1.165) is 34.1 Å². The highest BCUT2D eigenvalue weighted by molar-refractivity contribution is 7.20. The number of fused-ring (bicyclic) bond motifs is 9. The number of anilines is 6. The second kappa shape index (κ2) is 36.0. The molecule has 650 valence electrons. The van der Waals surface area contributed by atoms with Crippen molar-refractivity contribution >= 4 is 124 Å². The van der Waals surface area contributed by atoms with E-state index in [2.05, 4.69) is 592 Å². The zero-order valence-corrected chi connectivity index (χ0v) is 78.3. The molecular formula is C134H96N2Si2. The van der Waals surface area contributed by atoms with E-state index in [1.807, 2.05) is 0 Å². The molecule has 0 heterocycles. The van der Waals surface area contributed by atoms with Crippen LogP contribution in [0.25, 0.3) is 76.8 Å². The molecule has 1 atom stereocenters. The summed E-state index contributed by atoms with van der Waals surface area (Å²) in [6.45, 7) is 0. The summed E-state index contributed by atoms with van der Waals surface area (Å²) < 4.78 is 0. The van der Waals surface area contributed by atoms with Gasteiger partial charge < -0.3 is 9.80 Å². The minimum atomic E-state index is -2.64. The lowest BCUT2D eigenvalue weighted by Gasteiger charge is -2.36. The minimum Gasteiger partial charge on any atom is -0.310 e. The third-order valence-electron chi connectivity index (χ3n) is 29.2. The average Bonchev–Trinajstić information content (AvgIpc) is 1.50. The molecular weight excluding hydrogens is 1690 g/mol. The molecule has 138 heavy (non-hydrogen) atoms. The van der Waals surface area contributed by atoms with E-state index in [-0.39, 0.29) is 0 Å². The van der Waals surface area contributed by atoms with E-state index in [0.29, 0.717) is 0 Å². The number of rotatable bonds is 20. The molecule has 0 saturated heterocycles. The van der Waals surface area contributed by atoms with Crippen LogP contribution in [0, 0.1) is 0 Å². The number of nitrogens with zero attached hydrogens (tertiary/aromatic N) is 2. The largest absolute Gasteiger partial charge is 0.310 e. The third kappa shape index (κ3) is 14.2. The number of hydrogen-bond acceptors (Lipinski definition) is 2. The van der Waals surface area contributed by atoms with Crippen LogP contribution in [-0.2, 0) is 10.8 Å². The number of benzene rings is 23. The van der Waals surface area contributed by atoms with Gasteiger partial charge in [0.05, 0.1) is 10.8 Å². The zero-order valence-electron chi connectivity index (χ0n) is 76.3. The maximum Gasteiger partial charge on any atom is 0.179 e. The van der Waals surface area contributed by atoms with Crippen LogP contribution in [0.15, 0.2) is 582 Å². The zero-order chi connectivity index (χ0) is 91.8. The molecule has 0 N–H and O–H groups in total. The van der Waals surface area contributed by atoms with Gasteiger partial charge in [-0.3, -0.25) is 0 Å². The predicted octanol–water partition coefficient (Wildman–Crippen LogP) is 28.6. The lowest BCUT2D eigenvalue weighted by Crippen LogP contribution is -2.74. The van der Waals surface area contributed by atoms with Gasteiger partial charge in [0.15, 0.2) is 16.1 Å². The molecule has 0 fully saturated rings. The molecule has 0 saturated carbocycles. The van der Waals surface area contributed by atoms with Gasteiger partial charge in [0.1, 0.15) is 0 Å². The minimum absolute atomic E-state index is 0.534. The SMILES string of the molecule is c1ccc(N(c2ccc(-c3ccc([Si](c4ccccc4)(c4ccccc4)c4ccccc4)cc3)cc2)c2ccc3c(c2)C(c2cccc4ccccc24)(c2cccc4ccccc24)c2ccccc2-3)cc1.c1ccc(N(c2ccc(-c3ccc([Si](c4ccccc4)(c4ccccc4)c4ccccc4)cc3)cc2)c2ccc3c(c2)C(c2ccccc2)(c2ccc4ccccc4c2)c2ccccc2-3)cc1. The van der Waals surface area contributed by atoms with Gasteiger partial charge >= 0.3 is 0 Å². The van der Waals surface area contributed by atoms with Crippen LogP contribution in [0.3, 0.4) is 0 Å². The fraction of sp³-hybridized carbons (Fsp3) is 0.0149. The van der Waals surface area contributed by atoms with E-state index in [1.165, 1.54) is 163 Å². The van der Waals surface area contributed by atoms with Crippen LogP contribution in [0.4, 0.5) is 34.1 Å². The van der Waals surface area contributed by atoms with Crippen molar-refractivity contribution in [2.45, 2.75) is 10.8 Å². The Morgan fingerprint density at radius 1 is 0.138 bits per heavy atom. The molecule has 2 aliphatic rings. The van der Waals surface area contributed by atoms with Gasteiger partial charge in [-0.1, -0.05) is 504 Å². The normalized spacial score (nSPS) is 13.3. The fourth-order valence-corrected chi connectivity index (χ4v) is 32.6. The Hall–Kier alpha value is -17.1. The molecule has 2 nitrogen and oxygen atoms in total. The van der Waals surface area contributed by atoms with Crippen molar-refractivity contribution in [3.63, 3.8) is 0 Å². The third-order valence-corrected chi connectivity index (χ3v) is 38.8. The summed E-state index contributed by atoms with van der Waals surface area (Å²) >= 11 is 0. The molecule has 4 heteroatoms. The highest BCUT2D eigenvalue weighted by Gasteiger charge is 2.50. The monoisotopic (exact) mass is 1790 g/mol. The van der Waals surface area contributed by atoms with Crippen molar-refractivity contribution in [3.05, 3.63) is 627 Å². The van der Waals surface area contributed by atoms with E-state index in [1.54, 1.807) is 0 Å².